The van der Waals surface area contributed by atoms with Crippen LogP contribution in [0.2, 0.25) is 0 Å². The predicted molar refractivity (Wildman–Crippen MR) is 71.4 cm³/mol. The molecular formula is C14H24N2O2. The molecule has 2 rings (SSSR count). The van der Waals surface area contributed by atoms with Crippen LogP contribution in [0.25, 0.3) is 0 Å². The maximum Gasteiger partial charge on any atom is 0.122 e. The zero-order chi connectivity index (χ0) is 13.0. The molecule has 0 spiro atoms. The standard InChI is InChI=1S/C14H24N2O2/c1-11(2)15-8-14-13(4-6-18-14)9-16-5-7-17-10-12(16)3/h4,6,11-12,15H,5,7-10H2,1-3H3. The van der Waals surface area contributed by atoms with Crippen molar-refractivity contribution < 1.29 is 9.15 Å². The molecule has 1 aliphatic rings. The maximum absolute atomic E-state index is 5.57. The average Bonchev–Trinajstić information content (AvgIpc) is 2.77. The van der Waals surface area contributed by atoms with Crippen LogP contribution in [0.1, 0.15) is 32.1 Å². The molecule has 0 aliphatic carbocycles. The number of hydrogen-bond donors (Lipinski definition) is 1. The monoisotopic (exact) mass is 252 g/mol. The van der Waals surface area contributed by atoms with E-state index in [4.69, 9.17) is 9.15 Å². The summed E-state index contributed by atoms with van der Waals surface area (Å²) in [5.74, 6) is 1.06. The number of rotatable bonds is 5. The van der Waals surface area contributed by atoms with Crippen molar-refractivity contribution in [3.63, 3.8) is 0 Å². The molecule has 4 nitrogen and oxygen atoms in total. The minimum Gasteiger partial charge on any atom is -0.468 e. The Kier molecular flexibility index (Phi) is 4.80. The molecule has 0 saturated carbocycles. The number of ether oxygens (including phenoxy) is 1. The zero-order valence-electron chi connectivity index (χ0n) is 11.6. The summed E-state index contributed by atoms with van der Waals surface area (Å²) in [4.78, 5) is 2.45. The van der Waals surface area contributed by atoms with Gasteiger partial charge in [-0.1, -0.05) is 13.8 Å². The third-order valence-corrected chi connectivity index (χ3v) is 3.39. The van der Waals surface area contributed by atoms with E-state index < -0.39 is 0 Å². The Bertz CT molecular complexity index is 362. The van der Waals surface area contributed by atoms with E-state index in [-0.39, 0.29) is 0 Å². The van der Waals surface area contributed by atoms with Gasteiger partial charge in [-0.2, -0.15) is 0 Å². The lowest BCUT2D eigenvalue weighted by molar-refractivity contribution is -0.00460. The van der Waals surface area contributed by atoms with E-state index in [9.17, 15) is 0 Å². The summed E-state index contributed by atoms with van der Waals surface area (Å²) in [7, 11) is 0. The molecule has 0 radical (unpaired) electrons. The lowest BCUT2D eigenvalue weighted by atomic mass is 10.2. The van der Waals surface area contributed by atoms with Crippen molar-refractivity contribution in [2.75, 3.05) is 19.8 Å². The van der Waals surface area contributed by atoms with Crippen molar-refractivity contribution in [2.45, 2.75) is 45.9 Å². The molecule has 1 unspecified atom stereocenters. The summed E-state index contributed by atoms with van der Waals surface area (Å²) < 4.78 is 11.0. The van der Waals surface area contributed by atoms with Crippen LogP contribution in [-0.2, 0) is 17.8 Å². The van der Waals surface area contributed by atoms with Crippen LogP contribution in [0.4, 0.5) is 0 Å². The van der Waals surface area contributed by atoms with Gasteiger partial charge < -0.3 is 14.5 Å². The minimum absolute atomic E-state index is 0.477. The van der Waals surface area contributed by atoms with Crippen molar-refractivity contribution in [3.8, 4) is 0 Å². The molecule has 2 heterocycles. The molecule has 102 valence electrons. The fourth-order valence-electron chi connectivity index (χ4n) is 2.18. The second-order valence-corrected chi connectivity index (χ2v) is 5.30. The fraction of sp³-hybridized carbons (Fsp3) is 0.714. The lowest BCUT2D eigenvalue weighted by Gasteiger charge is -2.33. The van der Waals surface area contributed by atoms with Gasteiger partial charge in [-0.25, -0.2) is 0 Å². The number of nitrogens with one attached hydrogen (secondary N) is 1. The normalized spacial score (nSPS) is 21.7. The van der Waals surface area contributed by atoms with E-state index >= 15 is 0 Å². The quantitative estimate of drug-likeness (QED) is 0.870. The first-order valence-corrected chi connectivity index (χ1v) is 6.77. The summed E-state index contributed by atoms with van der Waals surface area (Å²) in [6.07, 6.45) is 1.79. The first-order chi connectivity index (χ1) is 8.66. The molecule has 1 fully saturated rings. The highest BCUT2D eigenvalue weighted by Crippen LogP contribution is 2.16. The molecule has 1 atom stereocenters. The van der Waals surface area contributed by atoms with Crippen LogP contribution in [0.5, 0.6) is 0 Å². The summed E-state index contributed by atoms with van der Waals surface area (Å²) in [5.41, 5.74) is 1.29. The molecule has 0 bridgehead atoms. The van der Waals surface area contributed by atoms with Gasteiger partial charge in [0.2, 0.25) is 0 Å². The van der Waals surface area contributed by atoms with Crippen LogP contribution >= 0.6 is 0 Å². The molecule has 1 aromatic heterocycles. The minimum atomic E-state index is 0.477. The van der Waals surface area contributed by atoms with Gasteiger partial charge in [0.1, 0.15) is 5.76 Å². The largest absolute Gasteiger partial charge is 0.468 e. The smallest absolute Gasteiger partial charge is 0.122 e. The van der Waals surface area contributed by atoms with E-state index in [2.05, 4.69) is 37.1 Å². The van der Waals surface area contributed by atoms with Crippen molar-refractivity contribution in [1.82, 2.24) is 10.2 Å². The second-order valence-electron chi connectivity index (χ2n) is 5.30. The van der Waals surface area contributed by atoms with Gasteiger partial charge in [0.05, 0.1) is 26.0 Å². The Hall–Kier alpha value is -0.840. The van der Waals surface area contributed by atoms with Gasteiger partial charge in [-0.3, -0.25) is 4.90 Å². The predicted octanol–water partition coefficient (Wildman–Crippen LogP) is 2.00. The lowest BCUT2D eigenvalue weighted by Crippen LogP contribution is -2.43. The first-order valence-electron chi connectivity index (χ1n) is 6.77. The Balaban J connectivity index is 1.94. The topological polar surface area (TPSA) is 37.6 Å². The SMILES string of the molecule is CC(C)NCc1occc1CN1CCOCC1C. The second kappa shape index (κ2) is 6.36. The molecule has 1 saturated heterocycles. The molecule has 4 heteroatoms. The van der Waals surface area contributed by atoms with Gasteiger partial charge >= 0.3 is 0 Å². The number of nitrogens with zero attached hydrogens (tertiary/aromatic N) is 1. The van der Waals surface area contributed by atoms with Crippen molar-refractivity contribution in [1.29, 1.82) is 0 Å². The fourth-order valence-corrected chi connectivity index (χ4v) is 2.18. The Labute approximate surface area is 109 Å². The summed E-state index contributed by atoms with van der Waals surface area (Å²) in [6, 6.07) is 3.05. The molecule has 0 aromatic carbocycles. The Morgan fingerprint density at radius 3 is 3.06 bits per heavy atom. The van der Waals surface area contributed by atoms with Crippen molar-refractivity contribution in [3.05, 3.63) is 23.7 Å². The molecule has 18 heavy (non-hydrogen) atoms. The van der Waals surface area contributed by atoms with Gasteiger partial charge in [0.25, 0.3) is 0 Å². The van der Waals surface area contributed by atoms with Crippen LogP contribution in [0, 0.1) is 0 Å². The molecule has 1 aromatic rings. The van der Waals surface area contributed by atoms with E-state index in [0.29, 0.717) is 12.1 Å². The number of hydrogen-bond acceptors (Lipinski definition) is 4. The summed E-state index contributed by atoms with van der Waals surface area (Å²) >= 11 is 0. The van der Waals surface area contributed by atoms with E-state index in [1.807, 2.05) is 0 Å². The van der Waals surface area contributed by atoms with Gasteiger partial charge in [-0.05, 0) is 13.0 Å². The van der Waals surface area contributed by atoms with Crippen molar-refractivity contribution in [2.24, 2.45) is 0 Å². The Morgan fingerprint density at radius 2 is 2.33 bits per heavy atom. The molecule has 0 amide bonds. The van der Waals surface area contributed by atoms with Gasteiger partial charge in [-0.15, -0.1) is 0 Å². The van der Waals surface area contributed by atoms with Crippen LogP contribution in [0.15, 0.2) is 16.7 Å². The Morgan fingerprint density at radius 1 is 1.50 bits per heavy atom. The summed E-state index contributed by atoms with van der Waals surface area (Å²) in [5, 5.41) is 3.40. The molecule has 1 aliphatic heterocycles. The average molecular weight is 252 g/mol. The highest BCUT2D eigenvalue weighted by atomic mass is 16.5. The third kappa shape index (κ3) is 3.57. The van der Waals surface area contributed by atoms with Crippen molar-refractivity contribution >= 4 is 0 Å². The molecule has 1 N–H and O–H groups in total. The van der Waals surface area contributed by atoms with Crippen LogP contribution in [-0.4, -0.2) is 36.7 Å². The maximum atomic E-state index is 5.57. The van der Waals surface area contributed by atoms with E-state index in [0.717, 1.165) is 38.6 Å². The highest BCUT2D eigenvalue weighted by Gasteiger charge is 2.20. The molecular weight excluding hydrogens is 228 g/mol. The van der Waals surface area contributed by atoms with Crippen LogP contribution < -0.4 is 5.32 Å². The highest BCUT2D eigenvalue weighted by molar-refractivity contribution is 5.17. The van der Waals surface area contributed by atoms with Gasteiger partial charge in [0, 0.05) is 30.7 Å². The van der Waals surface area contributed by atoms with Crippen LogP contribution in [0.3, 0.4) is 0 Å². The summed E-state index contributed by atoms with van der Waals surface area (Å²) in [6.45, 7) is 10.9. The van der Waals surface area contributed by atoms with E-state index in [1.54, 1.807) is 6.26 Å². The number of morpholine rings is 1. The number of furan rings is 1. The van der Waals surface area contributed by atoms with E-state index in [1.165, 1.54) is 5.56 Å². The first kappa shape index (κ1) is 13.6. The zero-order valence-corrected chi connectivity index (χ0v) is 11.6. The van der Waals surface area contributed by atoms with Gasteiger partial charge in [0.15, 0.2) is 0 Å². The third-order valence-electron chi connectivity index (χ3n) is 3.39.